The average Bonchev–Trinajstić information content (AvgIpc) is 3.39. The van der Waals surface area contributed by atoms with Crippen LogP contribution in [0.15, 0.2) is 76.0 Å². The highest BCUT2D eigenvalue weighted by atomic mass is 16.8. The van der Waals surface area contributed by atoms with E-state index < -0.39 is 188 Å². The van der Waals surface area contributed by atoms with Crippen LogP contribution < -0.4 is 14.9 Å². The number of esters is 1. The maximum absolute atomic E-state index is 14.7. The van der Waals surface area contributed by atoms with Crippen LogP contribution in [0, 0.1) is 0 Å². The zero-order chi connectivity index (χ0) is 54.2. The number of phenols is 3. The van der Waals surface area contributed by atoms with Crippen molar-refractivity contribution >= 4 is 23.0 Å². The van der Waals surface area contributed by atoms with E-state index in [1.54, 1.807) is 0 Å². The molecule has 15 N–H and O–H groups in total. The number of hydrogen-bond donors (Lipinski definition) is 15. The first-order valence-corrected chi connectivity index (χ1v) is 23.3. The minimum absolute atomic E-state index is 0.00746. The summed E-state index contributed by atoms with van der Waals surface area (Å²) >= 11 is 0. The number of carbonyl (C=O) groups excluding carboxylic acids is 1. The molecule has 0 aliphatic carbocycles. The van der Waals surface area contributed by atoms with Crippen LogP contribution in [0.5, 0.6) is 28.7 Å². The number of hydrogen-bond acceptors (Lipinski definition) is 27. The second kappa shape index (κ2) is 23.3. The molecule has 75 heavy (non-hydrogen) atoms. The number of benzene rings is 3. The standard InChI is InChI=1S/C48H56O27/c1-17-30(56)35(61)38(64)45(66-17)75-43-37(63)32(58)26(15-50)70-47(43)74-42-34(60)29-23(54)12-22(13-24(29)68-40(42)19-5-9-21(53)10-6-19)67-48-44(72-28(55)11-4-18-2-7-20(52)8-3-18)41(33(59)27(16-51)71-48)73-46-39(65)36(62)31(57)25(14-49)69-46/h2-13,17,25-27,30-33,35-39,41,43-54,56-59,61-65H,14-16H2,1H3/b11-4+/t17-,25+,26+,27-,30-,31+,32+,33+,35+,36-,37-,38-,39+,41-,43+,44+,45-,46-,47-,48+/m0/s1. The van der Waals surface area contributed by atoms with Crippen molar-refractivity contribution in [1.82, 2.24) is 0 Å². The molecule has 20 atom stereocenters. The summed E-state index contributed by atoms with van der Waals surface area (Å²) in [5, 5.41) is 158. The molecule has 0 unspecified atom stereocenters. The first-order chi connectivity index (χ1) is 35.7. The fraction of sp³-hybridized carbons (Fsp3) is 0.500. The lowest BCUT2D eigenvalue weighted by atomic mass is 9.96. The molecule has 4 fully saturated rings. The van der Waals surface area contributed by atoms with E-state index in [1.165, 1.54) is 61.5 Å². The lowest BCUT2D eigenvalue weighted by Crippen LogP contribution is -2.65. The summed E-state index contributed by atoms with van der Waals surface area (Å²) in [5.74, 6) is -4.02. The molecular weight excluding hydrogens is 1010 g/mol. The molecule has 0 saturated carbocycles. The van der Waals surface area contributed by atoms with Gasteiger partial charge in [0.05, 0.1) is 25.9 Å². The van der Waals surface area contributed by atoms with Crippen molar-refractivity contribution in [3.8, 4) is 40.1 Å². The second-order valence-corrected chi connectivity index (χ2v) is 18.0. The molecule has 27 nitrogen and oxygen atoms in total. The Morgan fingerprint density at radius 1 is 0.573 bits per heavy atom. The molecule has 27 heteroatoms. The topological polar surface area (TPSA) is 434 Å². The van der Waals surface area contributed by atoms with E-state index in [0.29, 0.717) is 5.56 Å². The molecule has 3 aromatic carbocycles. The average molecular weight is 1060 g/mol. The van der Waals surface area contributed by atoms with Crippen molar-refractivity contribution in [1.29, 1.82) is 0 Å². The van der Waals surface area contributed by atoms with E-state index in [4.69, 9.17) is 47.0 Å². The van der Waals surface area contributed by atoms with Gasteiger partial charge >= 0.3 is 5.97 Å². The minimum atomic E-state index is -2.05. The largest absolute Gasteiger partial charge is 0.508 e. The molecule has 4 aliphatic heterocycles. The van der Waals surface area contributed by atoms with Gasteiger partial charge in [0.1, 0.15) is 113 Å². The van der Waals surface area contributed by atoms with Crippen molar-refractivity contribution in [3.63, 3.8) is 0 Å². The Balaban J connectivity index is 1.17. The van der Waals surface area contributed by atoms with Crippen molar-refractivity contribution in [3.05, 3.63) is 82.5 Å². The van der Waals surface area contributed by atoms with E-state index in [2.05, 4.69) is 0 Å². The summed E-state index contributed by atoms with van der Waals surface area (Å²) in [6.45, 7) is -1.42. The van der Waals surface area contributed by atoms with Crippen molar-refractivity contribution in [2.24, 2.45) is 0 Å². The molecule has 4 saturated heterocycles. The zero-order valence-corrected chi connectivity index (χ0v) is 39.2. The Hall–Kier alpha value is -5.64. The third-order valence-electron chi connectivity index (χ3n) is 12.9. The van der Waals surface area contributed by atoms with Gasteiger partial charge < -0.3 is 124 Å². The molecule has 0 bridgehead atoms. The van der Waals surface area contributed by atoms with Gasteiger partial charge in [-0.25, -0.2) is 4.79 Å². The highest BCUT2D eigenvalue weighted by Gasteiger charge is 2.54. The van der Waals surface area contributed by atoms with Crippen LogP contribution in [0.4, 0.5) is 0 Å². The van der Waals surface area contributed by atoms with Gasteiger partial charge in [0.25, 0.3) is 0 Å². The Kier molecular flexibility index (Phi) is 17.3. The third kappa shape index (κ3) is 11.6. The van der Waals surface area contributed by atoms with Gasteiger partial charge in [-0.1, -0.05) is 12.1 Å². The third-order valence-corrected chi connectivity index (χ3v) is 12.9. The highest BCUT2D eigenvalue weighted by Crippen LogP contribution is 2.40. The van der Waals surface area contributed by atoms with E-state index in [-0.39, 0.29) is 17.1 Å². The van der Waals surface area contributed by atoms with Crippen LogP contribution in [0.3, 0.4) is 0 Å². The first kappa shape index (κ1) is 55.6. The van der Waals surface area contributed by atoms with Gasteiger partial charge in [0, 0.05) is 23.8 Å². The minimum Gasteiger partial charge on any atom is -0.508 e. The molecular formula is C48H56O27. The number of carbonyl (C=O) groups is 1. The molecule has 0 amide bonds. The van der Waals surface area contributed by atoms with E-state index >= 15 is 0 Å². The molecule has 1 aromatic heterocycles. The highest BCUT2D eigenvalue weighted by molar-refractivity contribution is 5.89. The van der Waals surface area contributed by atoms with Gasteiger partial charge in [0.2, 0.25) is 23.8 Å². The van der Waals surface area contributed by atoms with Crippen molar-refractivity contribution < 1.29 is 128 Å². The van der Waals surface area contributed by atoms with Crippen LogP contribution in [-0.2, 0) is 38.0 Å². The van der Waals surface area contributed by atoms with Gasteiger partial charge in [-0.05, 0) is 55.0 Å². The zero-order valence-electron chi connectivity index (χ0n) is 39.2. The number of phenolic OH excluding ortho intramolecular Hbond substituents is 3. The van der Waals surface area contributed by atoms with Gasteiger partial charge in [0.15, 0.2) is 30.5 Å². The molecule has 4 aliphatic rings. The molecule has 0 spiro atoms. The summed E-state index contributed by atoms with van der Waals surface area (Å²) in [6, 6.07) is 12.4. The van der Waals surface area contributed by atoms with Crippen molar-refractivity contribution in [2.45, 2.75) is 130 Å². The normalized spacial score (nSPS) is 36.3. The molecule has 5 heterocycles. The summed E-state index contributed by atoms with van der Waals surface area (Å²) < 4.78 is 58.4. The van der Waals surface area contributed by atoms with Gasteiger partial charge in [-0.2, -0.15) is 0 Å². The van der Waals surface area contributed by atoms with Crippen LogP contribution >= 0.6 is 0 Å². The van der Waals surface area contributed by atoms with Crippen LogP contribution in [-0.4, -0.2) is 225 Å². The predicted octanol–water partition coefficient (Wildman–Crippen LogP) is -4.13. The van der Waals surface area contributed by atoms with Gasteiger partial charge in [-0.15, -0.1) is 0 Å². The van der Waals surface area contributed by atoms with E-state index in [0.717, 1.165) is 18.2 Å². The Morgan fingerprint density at radius 3 is 1.71 bits per heavy atom. The summed E-state index contributed by atoms with van der Waals surface area (Å²) in [6.07, 6.45) is -34.2. The fourth-order valence-corrected chi connectivity index (χ4v) is 8.74. The predicted molar refractivity (Wildman–Crippen MR) is 245 cm³/mol. The lowest BCUT2D eigenvalue weighted by molar-refractivity contribution is -0.354. The summed E-state index contributed by atoms with van der Waals surface area (Å²) in [4.78, 5) is 28.2. The van der Waals surface area contributed by atoms with Gasteiger partial charge in [-0.3, -0.25) is 4.79 Å². The second-order valence-electron chi connectivity index (χ2n) is 18.0. The molecule has 8 rings (SSSR count). The fourth-order valence-electron chi connectivity index (χ4n) is 8.74. The summed E-state index contributed by atoms with van der Waals surface area (Å²) in [5.41, 5.74) is -1.21. The maximum Gasteiger partial charge on any atom is 0.331 e. The quantitative estimate of drug-likeness (QED) is 0.0397. The number of ether oxygens (including phenoxy) is 9. The molecule has 4 aromatic rings. The number of rotatable bonds is 15. The van der Waals surface area contributed by atoms with E-state index in [1.807, 2.05) is 0 Å². The van der Waals surface area contributed by atoms with E-state index in [9.17, 15) is 86.2 Å². The van der Waals surface area contributed by atoms with Crippen LogP contribution in [0.25, 0.3) is 28.4 Å². The maximum atomic E-state index is 14.7. The van der Waals surface area contributed by atoms with Crippen LogP contribution in [0.1, 0.15) is 12.5 Å². The molecule has 410 valence electrons. The number of aliphatic hydroxyl groups excluding tert-OH is 12. The number of aromatic hydroxyl groups is 3. The first-order valence-electron chi connectivity index (χ1n) is 23.3. The monoisotopic (exact) mass is 1060 g/mol. The lowest BCUT2D eigenvalue weighted by Gasteiger charge is -2.46. The summed E-state index contributed by atoms with van der Waals surface area (Å²) in [7, 11) is 0. The number of aliphatic hydroxyl groups is 12. The molecule has 0 radical (unpaired) electrons. The number of fused-ring (bicyclic) bond motifs is 1. The Labute approximate surface area is 422 Å². The van der Waals surface area contributed by atoms with Crippen LogP contribution in [0.2, 0.25) is 0 Å². The van der Waals surface area contributed by atoms with Crippen molar-refractivity contribution in [2.75, 3.05) is 19.8 Å². The SMILES string of the molecule is C[C@@H]1O[C@@H](O[C@H]2[C@H](Oc3c(-c4ccc(O)cc4)oc4cc(O[C@@H]5O[C@@H](CO)[C@@H](O)[C@H](O[C@@H]6O[C@H](CO)[C@@H](O)[C@H](O)[C@H]6O)[C@H]5OC(=O)/C=C/c5ccc(O)cc5)cc(O)c4c3=O)O[C@H](CO)[C@@H](O)[C@@H]2O)[C@@H](O)[C@H](O)[C@H]1O. The Morgan fingerprint density at radius 2 is 1.09 bits per heavy atom. The Bertz CT molecular complexity index is 2660. The smallest absolute Gasteiger partial charge is 0.331 e.